The lowest BCUT2D eigenvalue weighted by atomic mass is 10.2. The quantitative estimate of drug-likeness (QED) is 0.512. The Bertz CT molecular complexity index is 1250. The van der Waals surface area contributed by atoms with Crippen LogP contribution in [0.15, 0.2) is 53.3 Å². The van der Waals surface area contributed by atoms with Crippen LogP contribution < -0.4 is 10.5 Å². The number of nitrogens with zero attached hydrogens (tertiary/aromatic N) is 5. The maximum absolute atomic E-state index is 13.0. The molecule has 0 aliphatic carbocycles. The first-order valence-electron chi connectivity index (χ1n) is 9.47. The predicted molar refractivity (Wildman–Crippen MR) is 115 cm³/mol. The molecule has 4 aromatic rings. The molecule has 3 heterocycles. The fraction of sp³-hybridized carbons (Fsp3) is 0.238. The van der Waals surface area contributed by atoms with Crippen molar-refractivity contribution in [1.29, 1.82) is 0 Å². The molecule has 5 rings (SSSR count). The minimum Gasteiger partial charge on any atom is -0.345 e. The van der Waals surface area contributed by atoms with Gasteiger partial charge in [-0.25, -0.2) is 9.97 Å². The second kappa shape index (κ2) is 6.97. The third-order valence-corrected chi connectivity index (χ3v) is 6.40. The Morgan fingerprint density at radius 3 is 2.38 bits per heavy atom. The minimum absolute atomic E-state index is 0.0142. The molecular formula is C21H19N5O2S. The highest BCUT2D eigenvalue weighted by molar-refractivity contribution is 7.22. The number of para-hydroxylation sites is 3. The molecule has 8 heteroatoms. The number of piperazine rings is 1. The Balaban J connectivity index is 1.37. The van der Waals surface area contributed by atoms with Crippen molar-refractivity contribution in [3.8, 4) is 0 Å². The topological polar surface area (TPSA) is 71.3 Å². The van der Waals surface area contributed by atoms with Gasteiger partial charge in [0.15, 0.2) is 10.8 Å². The first-order valence-corrected chi connectivity index (χ1v) is 10.3. The molecule has 1 amide bonds. The van der Waals surface area contributed by atoms with Crippen LogP contribution in [-0.2, 0) is 7.05 Å². The van der Waals surface area contributed by atoms with Gasteiger partial charge in [-0.2, -0.15) is 0 Å². The van der Waals surface area contributed by atoms with Crippen LogP contribution in [0.4, 0.5) is 5.13 Å². The lowest BCUT2D eigenvalue weighted by Gasteiger charge is -2.34. The van der Waals surface area contributed by atoms with Gasteiger partial charge in [-0.15, -0.1) is 0 Å². The van der Waals surface area contributed by atoms with E-state index in [4.69, 9.17) is 4.98 Å². The van der Waals surface area contributed by atoms with Crippen molar-refractivity contribution in [3.05, 3.63) is 64.6 Å². The van der Waals surface area contributed by atoms with E-state index in [0.717, 1.165) is 20.9 Å². The fourth-order valence-electron chi connectivity index (χ4n) is 3.66. The van der Waals surface area contributed by atoms with Gasteiger partial charge >= 0.3 is 0 Å². The van der Waals surface area contributed by atoms with Gasteiger partial charge in [0.25, 0.3) is 11.5 Å². The van der Waals surface area contributed by atoms with Crippen LogP contribution >= 0.6 is 11.3 Å². The number of hydrogen-bond donors (Lipinski definition) is 0. The van der Waals surface area contributed by atoms with Crippen LogP contribution in [0.5, 0.6) is 0 Å². The van der Waals surface area contributed by atoms with E-state index in [1.54, 1.807) is 23.3 Å². The highest BCUT2D eigenvalue weighted by Gasteiger charge is 2.27. The van der Waals surface area contributed by atoms with Gasteiger partial charge < -0.3 is 14.4 Å². The lowest BCUT2D eigenvalue weighted by Crippen LogP contribution is -2.50. The van der Waals surface area contributed by atoms with Crippen LogP contribution in [0.2, 0.25) is 0 Å². The van der Waals surface area contributed by atoms with Crippen LogP contribution in [0.25, 0.3) is 21.3 Å². The van der Waals surface area contributed by atoms with E-state index < -0.39 is 0 Å². The molecule has 0 atom stereocenters. The molecule has 0 unspecified atom stereocenters. The van der Waals surface area contributed by atoms with Crippen LogP contribution in [0.1, 0.15) is 10.5 Å². The Morgan fingerprint density at radius 1 is 0.931 bits per heavy atom. The summed E-state index contributed by atoms with van der Waals surface area (Å²) in [6.45, 7) is 2.43. The number of carbonyl (C=O) groups excluding carboxylic acids is 1. The van der Waals surface area contributed by atoms with Gasteiger partial charge in [0.2, 0.25) is 0 Å². The number of benzene rings is 2. The average molecular weight is 405 g/mol. The second-order valence-electron chi connectivity index (χ2n) is 7.06. The Labute approximate surface area is 170 Å². The van der Waals surface area contributed by atoms with Gasteiger partial charge in [0, 0.05) is 33.2 Å². The molecule has 29 heavy (non-hydrogen) atoms. The molecule has 2 aromatic carbocycles. The number of aryl methyl sites for hydroxylation is 1. The zero-order valence-electron chi connectivity index (χ0n) is 15.9. The molecule has 0 saturated carbocycles. The van der Waals surface area contributed by atoms with Crippen LogP contribution in [0.3, 0.4) is 0 Å². The molecular weight excluding hydrogens is 386 g/mol. The summed E-state index contributed by atoms with van der Waals surface area (Å²) in [5.41, 5.74) is 1.98. The summed E-state index contributed by atoms with van der Waals surface area (Å²) in [5, 5.41) is 0.970. The van der Waals surface area contributed by atoms with Crippen LogP contribution in [0, 0.1) is 0 Å². The molecule has 0 bridgehead atoms. The molecule has 1 fully saturated rings. The number of fused-ring (bicyclic) bond motifs is 2. The van der Waals surface area contributed by atoms with Gasteiger partial charge in [-0.1, -0.05) is 35.6 Å². The molecule has 1 aliphatic heterocycles. The molecule has 1 saturated heterocycles. The van der Waals surface area contributed by atoms with Gasteiger partial charge in [0.1, 0.15) is 0 Å². The Kier molecular flexibility index (Phi) is 4.28. The standard InChI is InChI=1S/C21H19N5O2S/c1-24-16-8-4-2-6-14(16)22-18(19(24)27)20(28)25-10-12-26(13-11-25)21-23-15-7-3-5-9-17(15)29-21/h2-9H,10-13H2,1H3. The number of thiazole rings is 1. The molecule has 146 valence electrons. The van der Waals surface area contributed by atoms with E-state index in [1.165, 1.54) is 4.57 Å². The first-order chi connectivity index (χ1) is 14.1. The lowest BCUT2D eigenvalue weighted by molar-refractivity contribution is 0.0738. The fourth-order valence-corrected chi connectivity index (χ4v) is 4.68. The van der Waals surface area contributed by atoms with Crippen molar-refractivity contribution >= 4 is 43.6 Å². The van der Waals surface area contributed by atoms with Crippen LogP contribution in [-0.4, -0.2) is 51.5 Å². The summed E-state index contributed by atoms with van der Waals surface area (Å²) >= 11 is 1.66. The number of carbonyl (C=O) groups is 1. The van der Waals surface area contributed by atoms with Crippen molar-refractivity contribution in [2.24, 2.45) is 7.05 Å². The Morgan fingerprint density at radius 2 is 1.62 bits per heavy atom. The zero-order chi connectivity index (χ0) is 20.0. The average Bonchev–Trinajstić information content (AvgIpc) is 3.20. The zero-order valence-corrected chi connectivity index (χ0v) is 16.7. The van der Waals surface area contributed by atoms with Gasteiger partial charge in [-0.05, 0) is 24.3 Å². The van der Waals surface area contributed by atoms with E-state index in [9.17, 15) is 9.59 Å². The smallest absolute Gasteiger partial charge is 0.282 e. The number of anilines is 1. The molecule has 0 spiro atoms. The largest absolute Gasteiger partial charge is 0.345 e. The maximum atomic E-state index is 13.0. The molecule has 1 aliphatic rings. The summed E-state index contributed by atoms with van der Waals surface area (Å²) in [6.07, 6.45) is 0. The number of rotatable bonds is 2. The molecule has 7 nitrogen and oxygen atoms in total. The maximum Gasteiger partial charge on any atom is 0.282 e. The molecule has 2 aromatic heterocycles. The van der Waals surface area contributed by atoms with Crippen molar-refractivity contribution in [2.45, 2.75) is 0 Å². The van der Waals surface area contributed by atoms with Crippen molar-refractivity contribution in [2.75, 3.05) is 31.1 Å². The minimum atomic E-state index is -0.359. The van der Waals surface area contributed by atoms with E-state index in [2.05, 4.69) is 16.0 Å². The van der Waals surface area contributed by atoms with Gasteiger partial charge in [0.05, 0.1) is 21.3 Å². The van der Waals surface area contributed by atoms with Crippen molar-refractivity contribution in [1.82, 2.24) is 19.4 Å². The first kappa shape index (κ1) is 17.8. The number of hydrogen-bond acceptors (Lipinski definition) is 6. The third-order valence-electron chi connectivity index (χ3n) is 5.31. The van der Waals surface area contributed by atoms with E-state index in [-0.39, 0.29) is 17.2 Å². The summed E-state index contributed by atoms with van der Waals surface area (Å²) in [6, 6.07) is 15.4. The van der Waals surface area contributed by atoms with Crippen molar-refractivity contribution in [3.63, 3.8) is 0 Å². The predicted octanol–water partition coefficient (Wildman–Crippen LogP) is 2.51. The summed E-state index contributed by atoms with van der Waals surface area (Å²) < 4.78 is 2.65. The summed E-state index contributed by atoms with van der Waals surface area (Å²) in [5.74, 6) is -0.305. The third kappa shape index (κ3) is 3.05. The second-order valence-corrected chi connectivity index (χ2v) is 8.07. The van der Waals surface area contributed by atoms with E-state index >= 15 is 0 Å². The summed E-state index contributed by atoms with van der Waals surface area (Å²) in [7, 11) is 1.67. The molecule has 0 radical (unpaired) electrons. The van der Waals surface area contributed by atoms with E-state index in [0.29, 0.717) is 31.7 Å². The number of amides is 1. The molecule has 0 N–H and O–H groups in total. The monoisotopic (exact) mass is 405 g/mol. The summed E-state index contributed by atoms with van der Waals surface area (Å²) in [4.78, 5) is 38.7. The van der Waals surface area contributed by atoms with Crippen molar-refractivity contribution < 1.29 is 4.79 Å². The highest BCUT2D eigenvalue weighted by atomic mass is 32.1. The van der Waals surface area contributed by atoms with E-state index in [1.807, 2.05) is 42.5 Å². The number of aromatic nitrogens is 3. The van der Waals surface area contributed by atoms with Gasteiger partial charge in [-0.3, -0.25) is 9.59 Å². The SMILES string of the molecule is Cn1c(=O)c(C(=O)N2CCN(c3nc4ccccc4s3)CC2)nc2ccccc21. The highest BCUT2D eigenvalue weighted by Crippen LogP contribution is 2.29. The normalized spacial score (nSPS) is 14.7. The Hall–Kier alpha value is -3.26.